The Kier molecular flexibility index (Phi) is 4.98. The van der Waals surface area contributed by atoms with E-state index >= 15 is 0 Å². The second-order valence-corrected chi connectivity index (χ2v) is 2.67. The number of aromatic nitrogens is 1. The van der Waals surface area contributed by atoms with Gasteiger partial charge in [-0.25, -0.2) is 0 Å². The van der Waals surface area contributed by atoms with Gasteiger partial charge in [0.25, 0.3) is 0 Å². The van der Waals surface area contributed by atoms with Crippen LogP contribution in [0.15, 0.2) is 16.9 Å². The van der Waals surface area contributed by atoms with Gasteiger partial charge in [0.05, 0.1) is 9.40 Å². The molecule has 1 aromatic rings. The molecular weight excluding hydrogens is 238 g/mol. The first kappa shape index (κ1) is 11.8. The lowest BCUT2D eigenvalue weighted by Gasteiger charge is -1.96. The average Bonchev–Trinajstić information content (AvgIpc) is 2.13. The number of rotatable bonds is 1. The van der Waals surface area contributed by atoms with Crippen molar-refractivity contribution in [1.82, 2.24) is 4.98 Å². The first-order valence-corrected chi connectivity index (χ1v) is 4.45. The maximum Gasteiger partial charge on any atom is 0.311 e. The molecule has 13 heavy (non-hydrogen) atoms. The molecule has 0 aromatic carbocycles. The molecule has 0 unspecified atom stereocenters. The largest absolute Gasteiger partial charge is 0.392 e. The predicted octanol–water partition coefficient (Wildman–Crippen LogP) is 2.36. The summed E-state index contributed by atoms with van der Waals surface area (Å²) in [6.07, 6.45) is 2.52. The van der Waals surface area contributed by atoms with Crippen LogP contribution in [-0.2, 0) is 0 Å². The molecule has 6 heteroatoms. The van der Waals surface area contributed by atoms with E-state index < -0.39 is 4.92 Å². The van der Waals surface area contributed by atoms with Gasteiger partial charge in [0.15, 0.2) is 0 Å². The van der Waals surface area contributed by atoms with Crippen molar-refractivity contribution in [1.29, 1.82) is 0 Å². The Labute approximate surface area is 84.2 Å². The quantitative estimate of drug-likeness (QED) is 0.610. The molecule has 0 bridgehead atoms. The minimum absolute atomic E-state index is 0.102. The van der Waals surface area contributed by atoms with Crippen LogP contribution in [0.2, 0.25) is 0 Å². The highest BCUT2D eigenvalue weighted by atomic mass is 79.9. The van der Waals surface area contributed by atoms with Crippen molar-refractivity contribution in [2.45, 2.75) is 13.8 Å². The number of hydrogen-bond acceptors (Lipinski definition) is 4. The molecule has 72 valence electrons. The van der Waals surface area contributed by atoms with Gasteiger partial charge < -0.3 is 5.73 Å². The molecule has 0 aliphatic carbocycles. The van der Waals surface area contributed by atoms with Crippen LogP contribution in [0.1, 0.15) is 13.8 Å². The summed E-state index contributed by atoms with van der Waals surface area (Å²) in [6.45, 7) is 4.00. The van der Waals surface area contributed by atoms with Gasteiger partial charge in [0.2, 0.25) is 0 Å². The van der Waals surface area contributed by atoms with E-state index in [4.69, 9.17) is 5.73 Å². The lowest BCUT2D eigenvalue weighted by molar-refractivity contribution is -0.384. The molecule has 1 aromatic heterocycles. The monoisotopic (exact) mass is 247 g/mol. The van der Waals surface area contributed by atoms with Gasteiger partial charge >= 0.3 is 5.69 Å². The molecule has 0 radical (unpaired) electrons. The molecule has 0 saturated carbocycles. The number of pyridine rings is 1. The Morgan fingerprint density at radius 2 is 2.08 bits per heavy atom. The summed E-state index contributed by atoms with van der Waals surface area (Å²) in [6, 6.07) is 0. The van der Waals surface area contributed by atoms with E-state index in [0.29, 0.717) is 4.47 Å². The fraction of sp³-hybridized carbons (Fsp3) is 0.286. The van der Waals surface area contributed by atoms with Gasteiger partial charge in [-0.05, 0) is 15.9 Å². The topological polar surface area (TPSA) is 82.0 Å². The van der Waals surface area contributed by atoms with Gasteiger partial charge in [-0.1, -0.05) is 13.8 Å². The molecule has 0 saturated heterocycles. The molecular formula is C7H10BrN3O2. The second-order valence-electron chi connectivity index (χ2n) is 1.81. The number of nitrogen functional groups attached to an aromatic ring is 1. The Hall–Kier alpha value is -1.17. The first-order chi connectivity index (χ1) is 6.13. The number of nitro groups is 1. The van der Waals surface area contributed by atoms with E-state index in [0.717, 1.165) is 6.20 Å². The number of anilines is 1. The Morgan fingerprint density at radius 1 is 1.54 bits per heavy atom. The molecule has 0 aliphatic heterocycles. The number of nitrogens with zero attached hydrogens (tertiary/aromatic N) is 2. The van der Waals surface area contributed by atoms with Crippen molar-refractivity contribution < 1.29 is 4.92 Å². The highest BCUT2D eigenvalue weighted by Gasteiger charge is 2.12. The van der Waals surface area contributed by atoms with Crippen LogP contribution in [-0.4, -0.2) is 9.91 Å². The van der Waals surface area contributed by atoms with Gasteiger partial charge in [-0.3, -0.25) is 15.1 Å². The van der Waals surface area contributed by atoms with Gasteiger partial charge in [0.1, 0.15) is 11.9 Å². The van der Waals surface area contributed by atoms with Crippen LogP contribution in [0.4, 0.5) is 11.4 Å². The molecule has 0 atom stereocenters. The Bertz CT molecular complexity index is 304. The van der Waals surface area contributed by atoms with E-state index in [1.807, 2.05) is 13.8 Å². The summed E-state index contributed by atoms with van der Waals surface area (Å²) >= 11 is 3.02. The van der Waals surface area contributed by atoms with Gasteiger partial charge in [-0.15, -0.1) is 0 Å². The zero-order chi connectivity index (χ0) is 10.4. The van der Waals surface area contributed by atoms with E-state index in [1.54, 1.807) is 0 Å². The molecule has 5 nitrogen and oxygen atoms in total. The lowest BCUT2D eigenvalue weighted by atomic mass is 10.4. The van der Waals surface area contributed by atoms with E-state index in [2.05, 4.69) is 20.9 Å². The molecule has 0 spiro atoms. The fourth-order valence-electron chi connectivity index (χ4n) is 0.580. The van der Waals surface area contributed by atoms with Crippen LogP contribution in [0.3, 0.4) is 0 Å². The normalized spacial score (nSPS) is 8.54. The number of hydrogen-bond donors (Lipinski definition) is 1. The maximum absolute atomic E-state index is 10.2. The van der Waals surface area contributed by atoms with E-state index in [1.165, 1.54) is 6.20 Å². The highest BCUT2D eigenvalue weighted by Crippen LogP contribution is 2.26. The predicted molar refractivity (Wildman–Crippen MR) is 54.4 cm³/mol. The number of halogens is 1. The third-order valence-corrected chi connectivity index (χ3v) is 1.75. The van der Waals surface area contributed by atoms with Gasteiger partial charge in [-0.2, -0.15) is 0 Å². The minimum atomic E-state index is -0.576. The third kappa shape index (κ3) is 2.98. The zero-order valence-corrected chi connectivity index (χ0v) is 8.91. The summed E-state index contributed by atoms with van der Waals surface area (Å²) in [5.41, 5.74) is 5.28. The lowest BCUT2D eigenvalue weighted by Crippen LogP contribution is -1.96. The van der Waals surface area contributed by atoms with E-state index in [-0.39, 0.29) is 11.4 Å². The van der Waals surface area contributed by atoms with Crippen LogP contribution in [0, 0.1) is 10.1 Å². The third-order valence-electron chi connectivity index (χ3n) is 1.11. The molecule has 2 N–H and O–H groups in total. The van der Waals surface area contributed by atoms with Crippen molar-refractivity contribution in [2.24, 2.45) is 0 Å². The van der Waals surface area contributed by atoms with Crippen LogP contribution >= 0.6 is 15.9 Å². The highest BCUT2D eigenvalue weighted by molar-refractivity contribution is 9.10. The second kappa shape index (κ2) is 5.47. The van der Waals surface area contributed by atoms with Crippen LogP contribution in [0.25, 0.3) is 0 Å². The van der Waals surface area contributed by atoms with Gasteiger partial charge in [0, 0.05) is 6.20 Å². The summed E-state index contributed by atoms with van der Waals surface area (Å²) in [4.78, 5) is 13.3. The zero-order valence-electron chi connectivity index (χ0n) is 7.32. The van der Waals surface area contributed by atoms with Crippen molar-refractivity contribution in [3.05, 3.63) is 27.0 Å². The smallest absolute Gasteiger partial charge is 0.311 e. The molecule has 0 fully saturated rings. The van der Waals surface area contributed by atoms with E-state index in [9.17, 15) is 10.1 Å². The van der Waals surface area contributed by atoms with Crippen molar-refractivity contribution in [3.8, 4) is 0 Å². The standard InChI is InChI=1S/C5H4BrN3O2.C2H6/c6-3-1-8-2-4(5(3)7)9(10)11;1-2/h1-2H,(H2,7,8);1-2H3. The molecule has 0 amide bonds. The molecule has 1 rings (SSSR count). The van der Waals surface area contributed by atoms with Crippen molar-refractivity contribution in [2.75, 3.05) is 5.73 Å². The summed E-state index contributed by atoms with van der Waals surface area (Å²) in [7, 11) is 0. The maximum atomic E-state index is 10.2. The summed E-state index contributed by atoms with van der Waals surface area (Å²) < 4.78 is 0.437. The summed E-state index contributed by atoms with van der Waals surface area (Å²) in [5, 5.41) is 10.2. The Balaban J connectivity index is 0.000000671. The van der Waals surface area contributed by atoms with Crippen molar-refractivity contribution in [3.63, 3.8) is 0 Å². The SMILES string of the molecule is CC.Nc1c(Br)cncc1[N+](=O)[O-]. The Morgan fingerprint density at radius 3 is 2.46 bits per heavy atom. The average molecular weight is 248 g/mol. The minimum Gasteiger partial charge on any atom is -0.392 e. The fourth-order valence-corrected chi connectivity index (χ4v) is 0.902. The number of nitrogens with two attached hydrogens (primary N) is 1. The summed E-state index contributed by atoms with van der Waals surface area (Å²) in [5.74, 6) is 0. The van der Waals surface area contributed by atoms with Crippen LogP contribution in [0.5, 0.6) is 0 Å². The molecule has 0 aliphatic rings. The van der Waals surface area contributed by atoms with Crippen molar-refractivity contribution >= 4 is 27.3 Å². The van der Waals surface area contributed by atoms with Crippen LogP contribution < -0.4 is 5.73 Å². The molecule has 1 heterocycles. The first-order valence-electron chi connectivity index (χ1n) is 3.66.